The van der Waals surface area contributed by atoms with Crippen LogP contribution >= 0.6 is 0 Å². The third-order valence-corrected chi connectivity index (χ3v) is 7.46. The number of nitriles is 1. The van der Waals surface area contributed by atoms with E-state index in [4.69, 9.17) is 5.26 Å². The summed E-state index contributed by atoms with van der Waals surface area (Å²) in [4.78, 5) is 4.42. The molecule has 0 fully saturated rings. The normalized spacial score (nSPS) is 11.4. The van der Waals surface area contributed by atoms with E-state index in [-0.39, 0.29) is 28.8 Å². The Hall–Kier alpha value is -5.24. The molecule has 0 saturated heterocycles. The number of benzene rings is 4. The lowest BCUT2D eigenvalue weighted by atomic mass is 9.97. The summed E-state index contributed by atoms with van der Waals surface area (Å²) in [6, 6.07) is 14.0. The van der Waals surface area contributed by atoms with Crippen LogP contribution in [0.15, 0.2) is 79.0 Å². The van der Waals surface area contributed by atoms with Crippen molar-refractivity contribution in [2.45, 2.75) is 38.7 Å². The molecule has 0 spiro atoms. The van der Waals surface area contributed by atoms with Crippen molar-refractivity contribution in [3.05, 3.63) is 131 Å². The van der Waals surface area contributed by atoms with Gasteiger partial charge in [-0.1, -0.05) is 50.1 Å². The van der Waals surface area contributed by atoms with Crippen LogP contribution in [0, 0.1) is 46.2 Å². The fourth-order valence-corrected chi connectivity index (χ4v) is 5.07. The average Bonchev–Trinajstić information content (AvgIpc) is 3.00. The largest absolute Gasteiger partial charge is 0.432 e. The molecule has 1 aromatic heterocycles. The molecule has 47 heavy (non-hydrogen) atoms. The zero-order valence-electron chi connectivity index (χ0n) is 24.7. The molecule has 1 heterocycles. The first kappa shape index (κ1) is 33.1. The maximum absolute atomic E-state index is 15.2. The Labute approximate surface area is 264 Å². The summed E-state index contributed by atoms with van der Waals surface area (Å²) in [7, 11) is 0. The SMILES string of the molecule is CCCCCc1ccc(-c2ccc(-c3ccc(-c4cc(F)c(C(F)(F)Oc5cc(F)c(C#N)c(F)c5)c(F)c4)c(F)c3)c(F)c2)nc1. The topological polar surface area (TPSA) is 45.9 Å². The number of nitrogens with zero attached hydrogens (tertiary/aromatic N) is 2. The second-order valence-electron chi connectivity index (χ2n) is 10.7. The Morgan fingerprint density at radius 2 is 1.26 bits per heavy atom. The fourth-order valence-electron chi connectivity index (χ4n) is 5.07. The molecule has 0 aliphatic heterocycles. The van der Waals surface area contributed by atoms with Crippen LogP contribution in [0.3, 0.4) is 0 Å². The molecular weight excluding hydrogens is 628 g/mol. The zero-order valence-corrected chi connectivity index (χ0v) is 24.7. The Bertz CT molecular complexity index is 1940. The molecule has 0 bridgehead atoms. The van der Waals surface area contributed by atoms with E-state index in [0.29, 0.717) is 23.4 Å². The second kappa shape index (κ2) is 13.6. The highest BCUT2D eigenvalue weighted by atomic mass is 19.3. The van der Waals surface area contributed by atoms with E-state index in [1.807, 2.05) is 6.07 Å². The molecule has 5 rings (SSSR count). The molecule has 0 aliphatic carbocycles. The van der Waals surface area contributed by atoms with Gasteiger partial charge in [0.05, 0.1) is 5.69 Å². The Morgan fingerprint density at radius 3 is 1.81 bits per heavy atom. The van der Waals surface area contributed by atoms with Gasteiger partial charge >= 0.3 is 6.11 Å². The Balaban J connectivity index is 1.37. The standard InChI is InChI=1S/C36H24F8N2O/c1-2-3-4-5-20-6-11-34(46-19-20)22-8-10-25(29(38)13-22)21-7-9-26(28(37)12-21)23-14-32(41)35(33(42)15-23)36(43,44)47-24-16-30(39)27(18-45)31(40)17-24/h6-17,19H,2-5H2,1H3. The molecule has 0 unspecified atom stereocenters. The molecule has 0 aliphatic rings. The van der Waals surface area contributed by atoms with Gasteiger partial charge in [0.1, 0.15) is 57.8 Å². The smallest absolute Gasteiger partial charge is 0.429 e. The van der Waals surface area contributed by atoms with Crippen LogP contribution in [0.5, 0.6) is 5.75 Å². The van der Waals surface area contributed by atoms with Gasteiger partial charge in [0.15, 0.2) is 0 Å². The van der Waals surface area contributed by atoms with E-state index in [1.54, 1.807) is 18.3 Å². The van der Waals surface area contributed by atoms with Crippen LogP contribution in [-0.2, 0) is 12.5 Å². The zero-order chi connectivity index (χ0) is 33.9. The third kappa shape index (κ3) is 7.12. The van der Waals surface area contributed by atoms with Crippen LogP contribution in [-0.4, -0.2) is 4.98 Å². The molecule has 3 nitrogen and oxygen atoms in total. The highest BCUT2D eigenvalue weighted by Gasteiger charge is 2.41. The van der Waals surface area contributed by atoms with Crippen molar-refractivity contribution in [2.75, 3.05) is 0 Å². The van der Waals surface area contributed by atoms with Gasteiger partial charge in [-0.3, -0.25) is 4.98 Å². The van der Waals surface area contributed by atoms with Crippen LogP contribution < -0.4 is 4.74 Å². The summed E-state index contributed by atoms with van der Waals surface area (Å²) in [5.41, 5.74) is -1.52. The number of hydrogen-bond donors (Lipinski definition) is 0. The van der Waals surface area contributed by atoms with Crippen molar-refractivity contribution in [3.8, 4) is 45.3 Å². The lowest BCUT2D eigenvalue weighted by Crippen LogP contribution is -2.25. The van der Waals surface area contributed by atoms with Crippen LogP contribution in [0.25, 0.3) is 33.5 Å². The molecule has 0 atom stereocenters. The molecule has 11 heteroatoms. The summed E-state index contributed by atoms with van der Waals surface area (Å²) >= 11 is 0. The first-order chi connectivity index (χ1) is 22.4. The van der Waals surface area contributed by atoms with Crippen molar-refractivity contribution in [1.82, 2.24) is 4.98 Å². The minimum Gasteiger partial charge on any atom is -0.429 e. The number of rotatable bonds is 10. The number of aromatic nitrogens is 1. The summed E-state index contributed by atoms with van der Waals surface area (Å²) in [5, 5.41) is 8.72. The molecule has 5 aromatic rings. The lowest BCUT2D eigenvalue weighted by Gasteiger charge is -2.20. The van der Waals surface area contributed by atoms with Crippen molar-refractivity contribution in [3.63, 3.8) is 0 Å². The van der Waals surface area contributed by atoms with Crippen molar-refractivity contribution in [2.24, 2.45) is 0 Å². The van der Waals surface area contributed by atoms with Gasteiger partial charge in [-0.05, 0) is 59.9 Å². The highest BCUT2D eigenvalue weighted by Crippen LogP contribution is 2.39. The van der Waals surface area contributed by atoms with Crippen LogP contribution in [0.4, 0.5) is 35.1 Å². The van der Waals surface area contributed by atoms with Gasteiger partial charge < -0.3 is 4.74 Å². The van der Waals surface area contributed by atoms with E-state index in [9.17, 15) is 26.3 Å². The maximum atomic E-state index is 15.2. The molecular formula is C36H24F8N2O. The molecule has 240 valence electrons. The predicted molar refractivity (Wildman–Crippen MR) is 159 cm³/mol. The summed E-state index contributed by atoms with van der Waals surface area (Å²) < 4.78 is 122. The third-order valence-electron chi connectivity index (χ3n) is 7.46. The van der Waals surface area contributed by atoms with E-state index in [1.165, 1.54) is 24.3 Å². The summed E-state index contributed by atoms with van der Waals surface area (Å²) in [6.45, 7) is 2.12. The molecule has 0 N–H and O–H groups in total. The molecule has 0 saturated carbocycles. The maximum Gasteiger partial charge on any atom is 0.432 e. The first-order valence-corrected chi connectivity index (χ1v) is 14.4. The average molecular weight is 653 g/mol. The number of alkyl halides is 2. The number of halogens is 8. The van der Waals surface area contributed by atoms with E-state index in [2.05, 4.69) is 16.6 Å². The van der Waals surface area contributed by atoms with Gasteiger partial charge in [0, 0.05) is 35.0 Å². The van der Waals surface area contributed by atoms with Crippen LogP contribution in [0.1, 0.15) is 42.9 Å². The highest BCUT2D eigenvalue weighted by molar-refractivity contribution is 5.74. The van der Waals surface area contributed by atoms with E-state index >= 15 is 8.78 Å². The van der Waals surface area contributed by atoms with E-state index in [0.717, 1.165) is 43.4 Å². The Morgan fingerprint density at radius 1 is 0.681 bits per heavy atom. The first-order valence-electron chi connectivity index (χ1n) is 14.4. The van der Waals surface area contributed by atoms with Gasteiger partial charge in [0.2, 0.25) is 0 Å². The van der Waals surface area contributed by atoms with Gasteiger partial charge in [-0.25, -0.2) is 26.3 Å². The summed E-state index contributed by atoms with van der Waals surface area (Å²) in [5.74, 6) is -9.56. The van der Waals surface area contributed by atoms with Crippen molar-refractivity contribution < 1.29 is 39.9 Å². The van der Waals surface area contributed by atoms with Gasteiger partial charge in [0.25, 0.3) is 0 Å². The quantitative estimate of drug-likeness (QED) is 0.111. The number of hydrogen-bond acceptors (Lipinski definition) is 3. The molecule has 0 radical (unpaired) electrons. The van der Waals surface area contributed by atoms with Crippen molar-refractivity contribution in [1.29, 1.82) is 5.26 Å². The number of aryl methyl sites for hydroxylation is 1. The van der Waals surface area contributed by atoms with Crippen molar-refractivity contribution >= 4 is 0 Å². The van der Waals surface area contributed by atoms with Gasteiger partial charge in [-0.2, -0.15) is 14.0 Å². The number of pyridine rings is 1. The number of unbranched alkanes of at least 4 members (excludes halogenated alkanes) is 2. The Kier molecular flexibility index (Phi) is 9.61. The molecule has 4 aromatic carbocycles. The monoisotopic (exact) mass is 652 g/mol. The van der Waals surface area contributed by atoms with Gasteiger partial charge in [-0.15, -0.1) is 0 Å². The van der Waals surface area contributed by atoms with Crippen LogP contribution in [0.2, 0.25) is 0 Å². The fraction of sp³-hybridized carbons (Fsp3) is 0.167. The number of ether oxygens (including phenoxy) is 1. The van der Waals surface area contributed by atoms with E-state index < -0.39 is 63.5 Å². The second-order valence-corrected chi connectivity index (χ2v) is 10.7. The molecule has 0 amide bonds. The minimum absolute atomic E-state index is 0.0376. The minimum atomic E-state index is -4.77. The predicted octanol–water partition coefficient (Wildman–Crippen LogP) is 10.6. The summed E-state index contributed by atoms with van der Waals surface area (Å²) in [6.07, 6.45) is 1.13. The lowest BCUT2D eigenvalue weighted by molar-refractivity contribution is -0.189.